The van der Waals surface area contributed by atoms with E-state index in [1.807, 2.05) is 0 Å². The van der Waals surface area contributed by atoms with Crippen LogP contribution in [-0.4, -0.2) is 4.70 Å². The Morgan fingerprint density at radius 3 is 1.45 bits per heavy atom. The van der Waals surface area contributed by atoms with Gasteiger partial charge in [-0.2, -0.15) is 0 Å². The molecular formula is C48H74N2Pd. The minimum atomic E-state index is 0. The van der Waals surface area contributed by atoms with Gasteiger partial charge in [0.25, 0.3) is 0 Å². The number of unbranched alkanes of at least 4 members (excludes halogenated alkanes) is 19. The molecule has 0 saturated heterocycles. The van der Waals surface area contributed by atoms with Crippen LogP contribution in [0.3, 0.4) is 0 Å². The van der Waals surface area contributed by atoms with Gasteiger partial charge in [0.05, 0.1) is 5.57 Å². The summed E-state index contributed by atoms with van der Waals surface area (Å²) in [6.45, 7) is 9.12. The Kier molecular flexibility index (Phi) is 25.1. The monoisotopic (exact) mass is 784 g/mol. The van der Waals surface area contributed by atoms with Gasteiger partial charge in [0.1, 0.15) is 0 Å². The van der Waals surface area contributed by atoms with Gasteiger partial charge in [-0.25, -0.2) is 4.70 Å². The van der Waals surface area contributed by atoms with E-state index < -0.39 is 0 Å². The maximum absolute atomic E-state index is 12.1. The molecule has 0 spiro atoms. The van der Waals surface area contributed by atoms with Crippen molar-refractivity contribution in [2.45, 2.75) is 195 Å². The van der Waals surface area contributed by atoms with E-state index in [0.717, 1.165) is 61.0 Å². The first kappa shape index (κ1) is 45.1. The summed E-state index contributed by atoms with van der Waals surface area (Å²) >= 11 is 0. The van der Waals surface area contributed by atoms with E-state index in [-0.39, 0.29) is 20.4 Å². The minimum absolute atomic E-state index is 0. The quantitative estimate of drug-likeness (QED) is 0.0446. The molecule has 0 N–H and O–H groups in total. The molecule has 2 aromatic carbocycles. The number of hydrogen-bond acceptors (Lipinski definition) is 0. The fourth-order valence-corrected chi connectivity index (χ4v) is 7.53. The fourth-order valence-electron chi connectivity index (χ4n) is 7.53. The van der Waals surface area contributed by atoms with Crippen LogP contribution in [0.4, 0.5) is 0 Å². The maximum atomic E-state index is 12.1. The Morgan fingerprint density at radius 2 is 0.922 bits per heavy atom. The van der Waals surface area contributed by atoms with Gasteiger partial charge in [-0.05, 0) is 86.8 Å². The van der Waals surface area contributed by atoms with E-state index in [4.69, 9.17) is 0 Å². The van der Waals surface area contributed by atoms with Crippen molar-refractivity contribution in [1.82, 2.24) is 0 Å². The molecule has 2 nitrogen and oxygen atoms in total. The van der Waals surface area contributed by atoms with Gasteiger partial charge < -0.3 is 5.53 Å². The van der Waals surface area contributed by atoms with Crippen molar-refractivity contribution >= 4 is 11.4 Å². The first-order valence-electron chi connectivity index (χ1n) is 21.5. The predicted octanol–water partition coefficient (Wildman–Crippen LogP) is 15.9. The number of hydrogen-bond donors (Lipinski definition) is 0. The molecule has 0 radical (unpaired) electrons. The van der Waals surface area contributed by atoms with Crippen LogP contribution in [0.2, 0.25) is 0 Å². The largest absolute Gasteiger partial charge is 0.493 e. The number of benzene rings is 2. The minimum Gasteiger partial charge on any atom is -0.493 e. The van der Waals surface area contributed by atoms with E-state index in [2.05, 4.69) is 88.4 Å². The molecule has 0 aromatic heterocycles. The van der Waals surface area contributed by atoms with Crippen LogP contribution < -0.4 is 0 Å². The zero-order valence-corrected chi connectivity index (χ0v) is 34.9. The van der Waals surface area contributed by atoms with Crippen LogP contribution in [0.1, 0.15) is 204 Å². The van der Waals surface area contributed by atoms with Crippen molar-refractivity contribution in [2.24, 2.45) is 0 Å². The molecule has 3 rings (SSSR count). The van der Waals surface area contributed by atoms with Gasteiger partial charge in [0.2, 0.25) is 11.4 Å². The Hall–Kier alpha value is -2.08. The summed E-state index contributed by atoms with van der Waals surface area (Å²) in [4.78, 5) is 0. The van der Waals surface area contributed by atoms with Crippen molar-refractivity contribution in [2.75, 3.05) is 0 Å². The summed E-state index contributed by atoms with van der Waals surface area (Å²) in [7, 11) is 0. The number of aryl methyl sites for hydroxylation is 2. The second kappa shape index (κ2) is 28.4. The first-order valence-corrected chi connectivity index (χ1v) is 21.5. The number of nitrogens with zero attached hydrogens (tertiary/aromatic N) is 2. The van der Waals surface area contributed by atoms with Gasteiger partial charge in [-0.3, -0.25) is 0 Å². The van der Waals surface area contributed by atoms with Gasteiger partial charge >= 0.3 is 0 Å². The molecule has 0 saturated carbocycles. The van der Waals surface area contributed by atoms with Crippen LogP contribution >= 0.6 is 0 Å². The van der Waals surface area contributed by atoms with Crippen LogP contribution in [-0.2, 0) is 33.3 Å². The van der Waals surface area contributed by atoms with Crippen LogP contribution in [0.15, 0.2) is 71.8 Å². The van der Waals surface area contributed by atoms with Crippen molar-refractivity contribution < 1.29 is 25.1 Å². The Morgan fingerprint density at radius 1 is 0.490 bits per heavy atom. The summed E-state index contributed by atoms with van der Waals surface area (Å²) in [6, 6.07) is 18.0. The molecule has 3 heteroatoms. The molecule has 51 heavy (non-hydrogen) atoms. The second-order valence-corrected chi connectivity index (χ2v) is 15.1. The molecule has 0 amide bonds. The molecule has 1 heterocycles. The molecular weight excluding hydrogens is 711 g/mol. The Balaban J connectivity index is 0.00000901. The van der Waals surface area contributed by atoms with E-state index in [0.29, 0.717) is 0 Å². The van der Waals surface area contributed by atoms with Gasteiger partial charge in [0, 0.05) is 37.1 Å². The second-order valence-electron chi connectivity index (χ2n) is 15.1. The Labute approximate surface area is 329 Å². The van der Waals surface area contributed by atoms with Crippen molar-refractivity contribution in [3.8, 4) is 0 Å². The summed E-state index contributed by atoms with van der Waals surface area (Å²) in [5, 5.41) is 0. The standard InChI is InChI=1S/C48H74N2.Pd/c1-5-9-13-15-17-18-19-20-21-22-23-24-26-28-38-46-45(37-12-8-4)47(44-36-30-34-42(40-44)32-27-25-16-14-10-6-2)50(49)48(46)43-35-29-33-41(39-43)31-11-7-3;/h28-30,33-36,38-40H,5-27,31-32,37H2,1-4H3;. The fraction of sp³-hybridized carbons (Fsp3) is 0.625. The van der Waals surface area contributed by atoms with Crippen molar-refractivity contribution in [3.63, 3.8) is 0 Å². The van der Waals surface area contributed by atoms with Crippen molar-refractivity contribution in [1.29, 1.82) is 0 Å². The van der Waals surface area contributed by atoms with Gasteiger partial charge in [0.15, 0.2) is 0 Å². The van der Waals surface area contributed by atoms with E-state index in [9.17, 15) is 5.53 Å². The molecule has 2 aromatic rings. The average Bonchev–Trinajstić information content (AvgIpc) is 3.41. The topological polar surface area (TPSA) is 25.3 Å². The van der Waals surface area contributed by atoms with Crippen LogP contribution in [0.5, 0.6) is 0 Å². The van der Waals surface area contributed by atoms with E-state index in [1.54, 1.807) is 4.70 Å². The molecule has 0 fully saturated rings. The zero-order valence-electron chi connectivity index (χ0n) is 33.4. The molecule has 0 aliphatic carbocycles. The molecule has 1 aliphatic rings. The summed E-state index contributed by atoms with van der Waals surface area (Å²) in [5.74, 6) is 0. The summed E-state index contributed by atoms with van der Waals surface area (Å²) in [6.07, 6.45) is 38.1. The Bertz CT molecular complexity index is 1330. The molecule has 0 atom stereocenters. The smallest absolute Gasteiger partial charge is 0.215 e. The van der Waals surface area contributed by atoms with Crippen molar-refractivity contribution in [3.05, 3.63) is 99.6 Å². The van der Waals surface area contributed by atoms with Crippen LogP contribution in [0.25, 0.3) is 16.9 Å². The van der Waals surface area contributed by atoms with Crippen LogP contribution in [0, 0.1) is 0 Å². The SMILES string of the molecule is CCCCCCCCCCCCCCC=CC1=C(c2cccc(CCCC)c2)[N+](=[N-])C(c2cccc(CCCCCCCC)c2)=C1CCCC.[Pd]. The molecule has 286 valence electrons. The predicted molar refractivity (Wildman–Crippen MR) is 220 cm³/mol. The third kappa shape index (κ3) is 16.6. The number of allylic oxidation sites excluding steroid dienone is 4. The van der Waals surface area contributed by atoms with Gasteiger partial charge in [-0.1, -0.05) is 180 Å². The average molecular weight is 786 g/mol. The first-order chi connectivity index (χ1) is 24.6. The maximum Gasteiger partial charge on any atom is 0.215 e. The summed E-state index contributed by atoms with van der Waals surface area (Å²) < 4.78 is 1.55. The molecule has 0 unspecified atom stereocenters. The van der Waals surface area contributed by atoms with Gasteiger partial charge in [-0.15, -0.1) is 0 Å². The third-order valence-corrected chi connectivity index (χ3v) is 10.6. The third-order valence-electron chi connectivity index (χ3n) is 10.6. The normalized spacial score (nSPS) is 13.2. The molecule has 1 aliphatic heterocycles. The number of rotatable bonds is 29. The van der Waals surface area contributed by atoms with E-state index >= 15 is 0 Å². The van der Waals surface area contributed by atoms with E-state index in [1.165, 1.54) is 151 Å². The summed E-state index contributed by atoms with van der Waals surface area (Å²) in [5.41, 5.74) is 21.6. The molecule has 0 bridgehead atoms. The zero-order chi connectivity index (χ0) is 35.7.